The van der Waals surface area contributed by atoms with E-state index in [0.29, 0.717) is 24.4 Å². The number of aliphatic hydroxyl groups excluding tert-OH is 2. The Morgan fingerprint density at radius 2 is 1.54 bits per heavy atom. The summed E-state index contributed by atoms with van der Waals surface area (Å²) >= 11 is 0. The summed E-state index contributed by atoms with van der Waals surface area (Å²) in [4.78, 5) is 7.81. The molecule has 0 spiro atoms. The zero-order chi connectivity index (χ0) is 20.1. The van der Waals surface area contributed by atoms with Crippen LogP contribution in [0.1, 0.15) is 67.1 Å². The highest BCUT2D eigenvalue weighted by atomic mass is 16.3. The Morgan fingerprint density at radius 3 is 1.88 bits per heavy atom. The minimum Gasteiger partial charge on any atom is -0.396 e. The molecule has 0 bridgehead atoms. The second-order valence-electron chi connectivity index (χ2n) is 8.18. The van der Waals surface area contributed by atoms with Gasteiger partial charge in [0.05, 0.1) is 17.1 Å². The average Bonchev–Trinajstić information content (AvgIpc) is 2.88. The van der Waals surface area contributed by atoms with Crippen molar-refractivity contribution in [3.05, 3.63) is 30.1 Å². The molecule has 0 saturated heterocycles. The van der Waals surface area contributed by atoms with Crippen molar-refractivity contribution in [1.29, 1.82) is 0 Å². The first-order valence-electron chi connectivity index (χ1n) is 9.88. The third-order valence-corrected chi connectivity index (χ3v) is 3.56. The second-order valence-corrected chi connectivity index (χ2v) is 8.18. The second kappa shape index (κ2) is 13.8. The van der Waals surface area contributed by atoms with Crippen LogP contribution >= 0.6 is 0 Å². The molecule has 0 amide bonds. The van der Waals surface area contributed by atoms with Gasteiger partial charge in [-0.1, -0.05) is 53.7 Å². The van der Waals surface area contributed by atoms with Gasteiger partial charge >= 0.3 is 0 Å². The number of hydrogen-bond acceptors (Lipinski definition) is 3. The van der Waals surface area contributed by atoms with Crippen molar-refractivity contribution in [2.45, 2.75) is 73.8 Å². The van der Waals surface area contributed by atoms with Gasteiger partial charge in [0.15, 0.2) is 0 Å². The smallest absolute Gasteiger partial charge is 0.107 e. The molecule has 150 valence electrons. The highest BCUT2D eigenvalue weighted by Gasteiger charge is 2.03. The molecule has 0 fully saturated rings. The molecule has 0 aliphatic rings. The third kappa shape index (κ3) is 12.9. The van der Waals surface area contributed by atoms with Crippen LogP contribution in [0.5, 0.6) is 0 Å². The maximum atomic E-state index is 8.72. The van der Waals surface area contributed by atoms with E-state index in [1.807, 2.05) is 25.1 Å². The van der Waals surface area contributed by atoms with Gasteiger partial charge in [-0.05, 0) is 49.7 Å². The van der Waals surface area contributed by atoms with Crippen LogP contribution in [0.2, 0.25) is 0 Å². The maximum absolute atomic E-state index is 8.72. The van der Waals surface area contributed by atoms with E-state index in [1.54, 1.807) is 0 Å². The molecule has 0 radical (unpaired) electrons. The lowest BCUT2D eigenvalue weighted by atomic mass is 10.1. The quantitative estimate of drug-likeness (QED) is 0.660. The fourth-order valence-electron chi connectivity index (χ4n) is 2.43. The number of hydrogen-bond donors (Lipinski definition) is 3. The van der Waals surface area contributed by atoms with Crippen molar-refractivity contribution in [2.24, 2.45) is 17.8 Å². The van der Waals surface area contributed by atoms with E-state index in [9.17, 15) is 0 Å². The molecule has 1 aromatic heterocycles. The Hall–Kier alpha value is -1.39. The Morgan fingerprint density at radius 1 is 0.923 bits per heavy atom. The monoisotopic (exact) mass is 364 g/mol. The fourth-order valence-corrected chi connectivity index (χ4v) is 2.43. The molecule has 0 aliphatic heterocycles. The number of aromatic amines is 1. The Kier molecular flexibility index (Phi) is 13.0. The molecule has 2 rings (SSSR count). The minimum atomic E-state index is -0.125. The van der Waals surface area contributed by atoms with Crippen LogP contribution in [0.15, 0.2) is 24.3 Å². The van der Waals surface area contributed by atoms with E-state index >= 15 is 0 Å². The summed E-state index contributed by atoms with van der Waals surface area (Å²) in [6.45, 7) is 14.9. The van der Waals surface area contributed by atoms with E-state index in [4.69, 9.17) is 10.2 Å². The highest BCUT2D eigenvalue weighted by Crippen LogP contribution is 2.12. The van der Waals surface area contributed by atoms with Crippen LogP contribution < -0.4 is 0 Å². The van der Waals surface area contributed by atoms with Gasteiger partial charge in [-0.2, -0.15) is 0 Å². The number of aliphatic hydroxyl groups is 2. The fraction of sp³-hybridized carbons (Fsp3) is 0.682. The summed E-state index contributed by atoms with van der Waals surface area (Å²) in [7, 11) is 0. The predicted molar refractivity (Wildman–Crippen MR) is 112 cm³/mol. The van der Waals surface area contributed by atoms with Crippen molar-refractivity contribution >= 4 is 11.0 Å². The molecule has 1 atom stereocenters. The van der Waals surface area contributed by atoms with Gasteiger partial charge in [-0.25, -0.2) is 4.98 Å². The lowest BCUT2D eigenvalue weighted by molar-refractivity contribution is 0.168. The molecule has 1 heterocycles. The number of aromatic nitrogens is 2. The molecule has 26 heavy (non-hydrogen) atoms. The number of imidazole rings is 1. The molecule has 0 unspecified atom stereocenters. The molecule has 1 aromatic carbocycles. The standard InChI is InChI=1S/C11H14N2.C6H14O.C5H12O/c1-8(2)7-11-12-9-5-3-4-6-10(9)13-11;1-5(2)4-6(3)7;1-5(2)3-4-6/h3-6,8H,7H2,1-2H3,(H,12,13);5-7H,4H2,1-3H3;5-6H,3-4H2,1-2H3/t;6-;/m.1./s1. The molecular formula is C22H40N2O2. The van der Waals surface area contributed by atoms with E-state index in [0.717, 1.165) is 36.1 Å². The summed E-state index contributed by atoms with van der Waals surface area (Å²) in [6, 6.07) is 8.14. The Labute approximate surface area is 160 Å². The van der Waals surface area contributed by atoms with Gasteiger partial charge in [0, 0.05) is 13.0 Å². The first-order chi connectivity index (χ1) is 12.1. The van der Waals surface area contributed by atoms with Gasteiger partial charge in [0.2, 0.25) is 0 Å². The van der Waals surface area contributed by atoms with Crippen LogP contribution in [-0.4, -0.2) is 32.9 Å². The minimum absolute atomic E-state index is 0.125. The Bertz CT molecular complexity index is 535. The van der Waals surface area contributed by atoms with Crippen LogP contribution in [0, 0.1) is 17.8 Å². The summed E-state index contributed by atoms with van der Waals surface area (Å²) in [5, 5.41) is 17.0. The van der Waals surface area contributed by atoms with Gasteiger partial charge in [0.25, 0.3) is 0 Å². The molecule has 2 aromatic rings. The average molecular weight is 365 g/mol. The molecule has 3 N–H and O–H groups in total. The summed E-state index contributed by atoms with van der Waals surface area (Å²) in [5.74, 6) is 3.02. The molecule has 0 aliphatic carbocycles. The van der Waals surface area contributed by atoms with Gasteiger partial charge in [-0.15, -0.1) is 0 Å². The summed E-state index contributed by atoms with van der Waals surface area (Å²) in [6.07, 6.45) is 2.74. The first kappa shape index (κ1) is 24.6. The van der Waals surface area contributed by atoms with E-state index < -0.39 is 0 Å². The van der Waals surface area contributed by atoms with Crippen LogP contribution in [0.25, 0.3) is 11.0 Å². The van der Waals surface area contributed by atoms with Crippen molar-refractivity contribution in [1.82, 2.24) is 9.97 Å². The third-order valence-electron chi connectivity index (χ3n) is 3.56. The lowest BCUT2D eigenvalue weighted by Crippen LogP contribution is -2.03. The summed E-state index contributed by atoms with van der Waals surface area (Å²) in [5.41, 5.74) is 2.20. The van der Waals surface area contributed by atoms with Gasteiger partial charge in [0.1, 0.15) is 5.82 Å². The van der Waals surface area contributed by atoms with E-state index in [2.05, 4.69) is 57.6 Å². The van der Waals surface area contributed by atoms with Crippen molar-refractivity contribution in [3.63, 3.8) is 0 Å². The van der Waals surface area contributed by atoms with Crippen molar-refractivity contribution < 1.29 is 10.2 Å². The Balaban J connectivity index is 0.000000411. The van der Waals surface area contributed by atoms with Gasteiger partial charge in [-0.3, -0.25) is 0 Å². The normalized spacial score (nSPS) is 12.0. The molecule has 4 heteroatoms. The maximum Gasteiger partial charge on any atom is 0.107 e. The summed E-state index contributed by atoms with van der Waals surface area (Å²) < 4.78 is 0. The van der Waals surface area contributed by atoms with Crippen LogP contribution in [0.3, 0.4) is 0 Å². The van der Waals surface area contributed by atoms with E-state index in [-0.39, 0.29) is 6.10 Å². The number of rotatable bonds is 6. The largest absolute Gasteiger partial charge is 0.396 e. The zero-order valence-corrected chi connectivity index (χ0v) is 17.8. The number of nitrogens with zero attached hydrogens (tertiary/aromatic N) is 1. The van der Waals surface area contributed by atoms with E-state index in [1.165, 1.54) is 0 Å². The molecular weight excluding hydrogens is 324 g/mol. The zero-order valence-electron chi connectivity index (χ0n) is 17.8. The molecule has 0 saturated carbocycles. The van der Waals surface area contributed by atoms with Gasteiger partial charge < -0.3 is 15.2 Å². The number of H-pyrrole nitrogens is 1. The van der Waals surface area contributed by atoms with Crippen LogP contribution in [0.4, 0.5) is 0 Å². The predicted octanol–water partition coefficient (Wildman–Crippen LogP) is 5.20. The lowest BCUT2D eigenvalue weighted by Gasteiger charge is -2.04. The SMILES string of the molecule is CC(C)CCO.CC(C)C[C@@H](C)O.CC(C)Cc1nc2ccccc2[nH]1. The highest BCUT2D eigenvalue weighted by molar-refractivity contribution is 5.74. The molecule has 4 nitrogen and oxygen atoms in total. The number of benzene rings is 1. The van der Waals surface area contributed by atoms with Crippen molar-refractivity contribution in [2.75, 3.05) is 6.61 Å². The number of nitrogens with one attached hydrogen (secondary N) is 1. The van der Waals surface area contributed by atoms with Crippen LogP contribution in [-0.2, 0) is 6.42 Å². The topological polar surface area (TPSA) is 69.1 Å². The van der Waals surface area contributed by atoms with Crippen molar-refractivity contribution in [3.8, 4) is 0 Å². The number of para-hydroxylation sites is 2. The number of fused-ring (bicyclic) bond motifs is 1. The first-order valence-corrected chi connectivity index (χ1v) is 9.88.